The highest BCUT2D eigenvalue weighted by molar-refractivity contribution is 7.20. The van der Waals surface area contributed by atoms with Crippen molar-refractivity contribution < 1.29 is 4.79 Å². The average Bonchev–Trinajstić information content (AvgIpc) is 3.13. The summed E-state index contributed by atoms with van der Waals surface area (Å²) in [5.74, 6) is -0.0259. The van der Waals surface area contributed by atoms with Gasteiger partial charge in [0.2, 0.25) is 0 Å². The average molecular weight is 377 g/mol. The number of aromatic nitrogens is 2. The van der Waals surface area contributed by atoms with Crippen molar-refractivity contribution in [3.05, 3.63) is 45.9 Å². The molecule has 0 aliphatic carbocycles. The number of aryl methyl sites for hydroxylation is 1. The van der Waals surface area contributed by atoms with Crippen molar-refractivity contribution in [2.75, 3.05) is 27.2 Å². The van der Waals surface area contributed by atoms with E-state index < -0.39 is 0 Å². The molecule has 0 spiro atoms. The normalized spacial score (nSPS) is 11.4. The van der Waals surface area contributed by atoms with E-state index in [1.807, 2.05) is 56.0 Å². The highest BCUT2D eigenvalue weighted by Crippen LogP contribution is 2.30. The van der Waals surface area contributed by atoms with Crippen LogP contribution in [0.5, 0.6) is 0 Å². The summed E-state index contributed by atoms with van der Waals surface area (Å²) in [5.41, 5.74) is 1.84. The van der Waals surface area contributed by atoms with Gasteiger partial charge in [0, 0.05) is 17.0 Å². The molecule has 2 aromatic heterocycles. The number of nitrogens with zero attached hydrogens (tertiary/aromatic N) is 3. The van der Waals surface area contributed by atoms with Gasteiger partial charge < -0.3 is 10.2 Å². The molecule has 0 bridgehead atoms. The van der Waals surface area contributed by atoms with Crippen LogP contribution in [0.4, 0.5) is 0 Å². The molecule has 2 heterocycles. The number of rotatable bonds is 6. The van der Waals surface area contributed by atoms with E-state index in [9.17, 15) is 4.79 Å². The SMILES string of the molecule is Cc1nn(-c2ccc(Cl)cc2)c2sc(C(=O)NCCCN(C)C)cc12. The van der Waals surface area contributed by atoms with Crippen LogP contribution in [0, 0.1) is 6.92 Å². The van der Waals surface area contributed by atoms with Crippen molar-refractivity contribution in [3.8, 4) is 5.69 Å². The third kappa shape index (κ3) is 4.03. The Bertz CT molecular complexity index is 883. The smallest absolute Gasteiger partial charge is 0.261 e. The predicted octanol–water partition coefficient (Wildman–Crippen LogP) is 3.73. The first kappa shape index (κ1) is 17.9. The summed E-state index contributed by atoms with van der Waals surface area (Å²) in [4.78, 5) is 16.2. The van der Waals surface area contributed by atoms with Crippen LogP contribution in [-0.4, -0.2) is 47.8 Å². The van der Waals surface area contributed by atoms with Crippen LogP contribution in [0.2, 0.25) is 5.02 Å². The molecule has 25 heavy (non-hydrogen) atoms. The maximum Gasteiger partial charge on any atom is 0.261 e. The van der Waals surface area contributed by atoms with E-state index in [2.05, 4.69) is 15.3 Å². The number of nitrogens with one attached hydrogen (secondary N) is 1. The molecule has 0 aliphatic heterocycles. The van der Waals surface area contributed by atoms with E-state index in [1.54, 1.807) is 0 Å². The van der Waals surface area contributed by atoms with Crippen molar-refractivity contribution in [2.24, 2.45) is 0 Å². The lowest BCUT2D eigenvalue weighted by Gasteiger charge is -2.09. The van der Waals surface area contributed by atoms with Gasteiger partial charge in [-0.25, -0.2) is 4.68 Å². The summed E-state index contributed by atoms with van der Waals surface area (Å²) in [6.45, 7) is 3.59. The molecule has 0 unspecified atom stereocenters. The maximum absolute atomic E-state index is 12.4. The number of hydrogen-bond acceptors (Lipinski definition) is 4. The van der Waals surface area contributed by atoms with E-state index in [-0.39, 0.29) is 5.91 Å². The lowest BCUT2D eigenvalue weighted by Crippen LogP contribution is -2.26. The van der Waals surface area contributed by atoms with E-state index in [0.29, 0.717) is 16.4 Å². The minimum atomic E-state index is -0.0259. The van der Waals surface area contributed by atoms with Crippen LogP contribution < -0.4 is 5.32 Å². The minimum Gasteiger partial charge on any atom is -0.351 e. The zero-order chi connectivity index (χ0) is 18.0. The Morgan fingerprint density at radius 1 is 1.32 bits per heavy atom. The van der Waals surface area contributed by atoms with E-state index >= 15 is 0 Å². The van der Waals surface area contributed by atoms with Gasteiger partial charge in [-0.3, -0.25) is 4.79 Å². The summed E-state index contributed by atoms with van der Waals surface area (Å²) in [5, 5.41) is 9.28. The van der Waals surface area contributed by atoms with E-state index in [4.69, 9.17) is 11.6 Å². The lowest BCUT2D eigenvalue weighted by atomic mass is 10.3. The maximum atomic E-state index is 12.4. The summed E-state index contributed by atoms with van der Waals surface area (Å²) >= 11 is 7.43. The second-order valence-corrected chi connectivity index (χ2v) is 7.68. The molecule has 0 fully saturated rings. The molecular weight excluding hydrogens is 356 g/mol. The molecule has 1 N–H and O–H groups in total. The van der Waals surface area contributed by atoms with Gasteiger partial charge in [0.05, 0.1) is 16.3 Å². The first-order chi connectivity index (χ1) is 12.0. The monoisotopic (exact) mass is 376 g/mol. The molecule has 0 saturated carbocycles. The summed E-state index contributed by atoms with van der Waals surface area (Å²) in [6, 6.07) is 9.46. The molecular formula is C18H21ClN4OS. The van der Waals surface area contributed by atoms with Gasteiger partial charge in [0.25, 0.3) is 5.91 Å². The fraction of sp³-hybridized carbons (Fsp3) is 0.333. The second kappa shape index (κ2) is 7.56. The Morgan fingerprint density at radius 2 is 2.04 bits per heavy atom. The summed E-state index contributed by atoms with van der Waals surface area (Å²) in [6.07, 6.45) is 0.932. The van der Waals surface area contributed by atoms with Crippen LogP contribution in [0.15, 0.2) is 30.3 Å². The van der Waals surface area contributed by atoms with Crippen molar-refractivity contribution >= 4 is 39.1 Å². The number of fused-ring (bicyclic) bond motifs is 1. The third-order valence-electron chi connectivity index (χ3n) is 3.91. The Labute approximate surface area is 156 Å². The number of carbonyl (C=O) groups is 1. The number of hydrogen-bond donors (Lipinski definition) is 1. The Balaban J connectivity index is 1.81. The first-order valence-electron chi connectivity index (χ1n) is 8.14. The number of amides is 1. The topological polar surface area (TPSA) is 50.2 Å². The molecule has 132 valence electrons. The van der Waals surface area contributed by atoms with E-state index in [0.717, 1.165) is 34.6 Å². The Hall–Kier alpha value is -1.89. The van der Waals surface area contributed by atoms with Gasteiger partial charge >= 0.3 is 0 Å². The first-order valence-corrected chi connectivity index (χ1v) is 9.33. The van der Waals surface area contributed by atoms with Crippen molar-refractivity contribution in [1.29, 1.82) is 0 Å². The fourth-order valence-electron chi connectivity index (χ4n) is 2.60. The molecule has 5 nitrogen and oxygen atoms in total. The molecule has 7 heteroatoms. The minimum absolute atomic E-state index is 0.0259. The molecule has 0 aliphatic rings. The van der Waals surface area contributed by atoms with Crippen LogP contribution in [0.1, 0.15) is 21.8 Å². The van der Waals surface area contributed by atoms with Gasteiger partial charge in [-0.1, -0.05) is 11.6 Å². The zero-order valence-electron chi connectivity index (χ0n) is 14.5. The number of thiophene rings is 1. The molecule has 1 aromatic carbocycles. The Morgan fingerprint density at radius 3 is 2.72 bits per heavy atom. The molecule has 0 radical (unpaired) electrons. The van der Waals surface area contributed by atoms with Crippen LogP contribution in [0.25, 0.3) is 15.9 Å². The van der Waals surface area contributed by atoms with Gasteiger partial charge in [-0.05, 0) is 64.3 Å². The van der Waals surface area contributed by atoms with Crippen molar-refractivity contribution in [2.45, 2.75) is 13.3 Å². The molecule has 3 aromatic rings. The Kier molecular flexibility index (Phi) is 5.42. The number of halogens is 1. The predicted molar refractivity (Wildman–Crippen MR) is 104 cm³/mol. The fourth-order valence-corrected chi connectivity index (χ4v) is 3.83. The lowest BCUT2D eigenvalue weighted by molar-refractivity contribution is 0.0956. The van der Waals surface area contributed by atoms with Crippen molar-refractivity contribution in [3.63, 3.8) is 0 Å². The quantitative estimate of drug-likeness (QED) is 0.667. The van der Waals surface area contributed by atoms with Gasteiger partial charge in [-0.2, -0.15) is 5.10 Å². The highest BCUT2D eigenvalue weighted by Gasteiger charge is 2.17. The van der Waals surface area contributed by atoms with Crippen molar-refractivity contribution in [1.82, 2.24) is 20.0 Å². The largest absolute Gasteiger partial charge is 0.351 e. The molecule has 0 saturated heterocycles. The number of benzene rings is 1. The zero-order valence-corrected chi connectivity index (χ0v) is 16.1. The van der Waals surface area contributed by atoms with Gasteiger partial charge in [-0.15, -0.1) is 11.3 Å². The highest BCUT2D eigenvalue weighted by atomic mass is 35.5. The van der Waals surface area contributed by atoms with Crippen LogP contribution in [0.3, 0.4) is 0 Å². The second-order valence-electron chi connectivity index (χ2n) is 6.22. The van der Waals surface area contributed by atoms with E-state index in [1.165, 1.54) is 11.3 Å². The number of carbonyl (C=O) groups excluding carboxylic acids is 1. The summed E-state index contributed by atoms with van der Waals surface area (Å²) in [7, 11) is 4.05. The van der Waals surface area contributed by atoms with Crippen LogP contribution in [-0.2, 0) is 0 Å². The molecule has 3 rings (SSSR count). The standard InChI is InChI=1S/C18H21ClN4OS/c1-12-15-11-16(17(24)20-9-4-10-22(2)3)25-18(15)23(21-12)14-7-5-13(19)6-8-14/h5-8,11H,4,9-10H2,1-3H3,(H,20,24). The van der Waals surface area contributed by atoms with Gasteiger partial charge in [0.15, 0.2) is 0 Å². The summed E-state index contributed by atoms with van der Waals surface area (Å²) < 4.78 is 1.87. The molecule has 1 amide bonds. The van der Waals surface area contributed by atoms with Gasteiger partial charge in [0.1, 0.15) is 4.83 Å². The molecule has 0 atom stereocenters. The van der Waals surface area contributed by atoms with Crippen LogP contribution >= 0.6 is 22.9 Å². The third-order valence-corrected chi connectivity index (χ3v) is 5.27.